The van der Waals surface area contributed by atoms with E-state index in [0.29, 0.717) is 10.2 Å². The molecule has 2 aromatic carbocycles. The van der Waals surface area contributed by atoms with Gasteiger partial charge in [0.15, 0.2) is 11.5 Å². The predicted molar refractivity (Wildman–Crippen MR) is 88.9 cm³/mol. The van der Waals surface area contributed by atoms with Gasteiger partial charge in [-0.1, -0.05) is 30.3 Å². The fourth-order valence-electron chi connectivity index (χ4n) is 3.03. The third-order valence-electron chi connectivity index (χ3n) is 4.27. The summed E-state index contributed by atoms with van der Waals surface area (Å²) in [5, 5.41) is 3.43. The van der Waals surface area contributed by atoms with E-state index in [-0.39, 0.29) is 23.0 Å². The molecule has 0 amide bonds. The van der Waals surface area contributed by atoms with E-state index in [9.17, 15) is 21.6 Å². The van der Waals surface area contributed by atoms with Crippen LogP contribution in [0.15, 0.2) is 58.5 Å². The van der Waals surface area contributed by atoms with Crippen LogP contribution in [0, 0.1) is 0 Å². The van der Waals surface area contributed by atoms with Crippen molar-refractivity contribution in [3.8, 4) is 11.5 Å². The maximum atomic E-state index is 13.3. The molecule has 2 aromatic rings. The molecule has 2 heterocycles. The van der Waals surface area contributed by atoms with Crippen LogP contribution in [0.25, 0.3) is 0 Å². The van der Waals surface area contributed by atoms with Crippen molar-refractivity contribution >= 4 is 15.7 Å². The van der Waals surface area contributed by atoms with Gasteiger partial charge in [0, 0.05) is 12.0 Å². The molecule has 0 fully saturated rings. The molecule has 0 bridgehead atoms. The first kappa shape index (κ1) is 17.7. The average molecular weight is 398 g/mol. The monoisotopic (exact) mass is 398 g/mol. The lowest BCUT2D eigenvalue weighted by atomic mass is 10.0. The summed E-state index contributed by atoms with van der Waals surface area (Å²) in [4.78, 5) is -0.146. The Balaban J connectivity index is 1.83. The van der Waals surface area contributed by atoms with Crippen LogP contribution in [0.5, 0.6) is 11.5 Å². The lowest BCUT2D eigenvalue weighted by molar-refractivity contribution is -0.0601. The summed E-state index contributed by atoms with van der Waals surface area (Å²) in [6, 6.07) is 10.7. The van der Waals surface area contributed by atoms with Crippen LogP contribution in [0.4, 0.5) is 13.2 Å². The SMILES string of the molecule is O=S(=O)(c1ccccc1)N1N=C(C(F)(F)F)CC1c1cccc2c1OCO2. The van der Waals surface area contributed by atoms with Gasteiger partial charge in [0.25, 0.3) is 10.0 Å². The molecular formula is C17H13F3N2O4S. The highest BCUT2D eigenvalue weighted by Gasteiger charge is 2.48. The lowest BCUT2D eigenvalue weighted by Crippen LogP contribution is -2.27. The highest BCUT2D eigenvalue weighted by molar-refractivity contribution is 7.89. The molecule has 0 radical (unpaired) electrons. The minimum Gasteiger partial charge on any atom is -0.454 e. The Kier molecular flexibility index (Phi) is 4.02. The Morgan fingerprint density at radius 2 is 1.78 bits per heavy atom. The average Bonchev–Trinajstić information content (AvgIpc) is 3.29. The Morgan fingerprint density at radius 3 is 2.48 bits per heavy atom. The first-order valence-corrected chi connectivity index (χ1v) is 9.35. The van der Waals surface area contributed by atoms with Gasteiger partial charge in [-0.15, -0.1) is 0 Å². The summed E-state index contributed by atoms with van der Waals surface area (Å²) in [7, 11) is -4.30. The molecule has 0 aromatic heterocycles. The molecule has 6 nitrogen and oxygen atoms in total. The number of rotatable bonds is 3. The number of benzene rings is 2. The second-order valence-electron chi connectivity index (χ2n) is 5.94. The molecule has 10 heteroatoms. The van der Waals surface area contributed by atoms with Crippen molar-refractivity contribution in [2.75, 3.05) is 6.79 Å². The minimum absolute atomic E-state index is 0.0858. The van der Waals surface area contributed by atoms with Crippen molar-refractivity contribution in [2.24, 2.45) is 5.10 Å². The predicted octanol–water partition coefficient (Wildman–Crippen LogP) is 3.47. The van der Waals surface area contributed by atoms with Crippen LogP contribution < -0.4 is 9.47 Å². The standard InChI is InChI=1S/C17H13F3N2O4S/c18-17(19,20)15-9-13(12-7-4-8-14-16(12)26-10-25-14)22(21-15)27(23,24)11-5-2-1-3-6-11/h1-8,13H,9-10H2. The van der Waals surface area contributed by atoms with Gasteiger partial charge in [-0.2, -0.15) is 31.1 Å². The van der Waals surface area contributed by atoms with Crippen LogP contribution in [-0.2, 0) is 10.0 Å². The second-order valence-corrected chi connectivity index (χ2v) is 7.73. The smallest absolute Gasteiger partial charge is 0.431 e. The van der Waals surface area contributed by atoms with Gasteiger partial charge in [0.1, 0.15) is 5.71 Å². The Labute approximate surface area is 152 Å². The molecule has 0 aliphatic carbocycles. The molecule has 0 N–H and O–H groups in total. The fourth-order valence-corrected chi connectivity index (χ4v) is 4.48. The van der Waals surface area contributed by atoms with E-state index in [2.05, 4.69) is 5.10 Å². The highest BCUT2D eigenvalue weighted by atomic mass is 32.2. The number of fused-ring (bicyclic) bond motifs is 1. The van der Waals surface area contributed by atoms with Gasteiger partial charge < -0.3 is 9.47 Å². The number of alkyl halides is 3. The molecule has 1 atom stereocenters. The summed E-state index contributed by atoms with van der Waals surface area (Å²) >= 11 is 0. The lowest BCUT2D eigenvalue weighted by Gasteiger charge is -2.24. The molecular weight excluding hydrogens is 385 g/mol. The number of para-hydroxylation sites is 1. The quantitative estimate of drug-likeness (QED) is 0.794. The van der Waals surface area contributed by atoms with E-state index in [1.54, 1.807) is 18.2 Å². The van der Waals surface area contributed by atoms with E-state index in [1.807, 2.05) is 0 Å². The number of ether oxygens (including phenoxy) is 2. The van der Waals surface area contributed by atoms with E-state index < -0.39 is 34.4 Å². The van der Waals surface area contributed by atoms with Crippen LogP contribution in [0.2, 0.25) is 0 Å². The van der Waals surface area contributed by atoms with E-state index in [1.165, 1.54) is 30.3 Å². The first-order valence-electron chi connectivity index (χ1n) is 7.91. The molecule has 0 spiro atoms. The van der Waals surface area contributed by atoms with Crippen molar-refractivity contribution in [1.82, 2.24) is 4.41 Å². The zero-order valence-corrected chi connectivity index (χ0v) is 14.5. The normalized spacial score (nSPS) is 19.3. The topological polar surface area (TPSA) is 68.2 Å². The fraction of sp³-hybridized carbons (Fsp3) is 0.235. The summed E-state index contributed by atoms with van der Waals surface area (Å²) in [5.41, 5.74) is -0.893. The summed E-state index contributed by atoms with van der Waals surface area (Å²) < 4.78 is 76.9. The zero-order chi connectivity index (χ0) is 19.2. The van der Waals surface area contributed by atoms with Crippen LogP contribution >= 0.6 is 0 Å². The highest BCUT2D eigenvalue weighted by Crippen LogP contribution is 2.46. The molecule has 27 heavy (non-hydrogen) atoms. The number of halogens is 3. The molecule has 1 unspecified atom stereocenters. The molecule has 142 valence electrons. The minimum atomic E-state index is -4.74. The Bertz CT molecular complexity index is 1010. The van der Waals surface area contributed by atoms with Crippen LogP contribution in [0.1, 0.15) is 18.0 Å². The number of hydrogen-bond donors (Lipinski definition) is 0. The number of nitrogens with zero attached hydrogens (tertiary/aromatic N) is 2. The molecule has 0 saturated carbocycles. The third-order valence-corrected chi connectivity index (χ3v) is 5.97. The van der Waals surface area contributed by atoms with Gasteiger partial charge in [0.05, 0.1) is 10.9 Å². The largest absolute Gasteiger partial charge is 0.454 e. The molecule has 2 aliphatic rings. The van der Waals surface area contributed by atoms with E-state index >= 15 is 0 Å². The van der Waals surface area contributed by atoms with Gasteiger partial charge >= 0.3 is 6.18 Å². The Morgan fingerprint density at radius 1 is 1.04 bits per heavy atom. The summed E-state index contributed by atoms with van der Waals surface area (Å²) in [6.45, 7) is -0.0858. The van der Waals surface area contributed by atoms with Crippen LogP contribution in [-0.4, -0.2) is 31.5 Å². The number of sulfonamides is 1. The molecule has 0 saturated heterocycles. The van der Waals surface area contributed by atoms with E-state index in [0.717, 1.165) is 0 Å². The summed E-state index contributed by atoms with van der Waals surface area (Å²) in [5.74, 6) is 0.583. The van der Waals surface area contributed by atoms with Crippen molar-refractivity contribution < 1.29 is 31.1 Å². The maximum Gasteiger partial charge on any atom is 0.431 e. The van der Waals surface area contributed by atoms with E-state index in [4.69, 9.17) is 9.47 Å². The van der Waals surface area contributed by atoms with Crippen molar-refractivity contribution in [3.05, 3.63) is 54.1 Å². The van der Waals surface area contributed by atoms with Crippen molar-refractivity contribution in [1.29, 1.82) is 0 Å². The van der Waals surface area contributed by atoms with Gasteiger partial charge in [-0.25, -0.2) is 0 Å². The van der Waals surface area contributed by atoms with Gasteiger partial charge in [-0.3, -0.25) is 0 Å². The third kappa shape index (κ3) is 2.99. The number of hydrogen-bond acceptors (Lipinski definition) is 5. The van der Waals surface area contributed by atoms with Crippen LogP contribution in [0.3, 0.4) is 0 Å². The molecule has 2 aliphatic heterocycles. The first-order chi connectivity index (χ1) is 12.8. The second kappa shape index (κ2) is 6.15. The van der Waals surface area contributed by atoms with Crippen molar-refractivity contribution in [3.63, 3.8) is 0 Å². The van der Waals surface area contributed by atoms with Crippen molar-refractivity contribution in [2.45, 2.75) is 23.5 Å². The maximum absolute atomic E-state index is 13.3. The Hall–Kier alpha value is -2.75. The zero-order valence-electron chi connectivity index (χ0n) is 13.7. The summed E-state index contributed by atoms with van der Waals surface area (Å²) in [6.07, 6.45) is -5.36. The van der Waals surface area contributed by atoms with Gasteiger partial charge in [-0.05, 0) is 18.2 Å². The molecule has 4 rings (SSSR count). The van der Waals surface area contributed by atoms with Gasteiger partial charge in [0.2, 0.25) is 6.79 Å². The number of hydrazone groups is 1.